The summed E-state index contributed by atoms with van der Waals surface area (Å²) in [5.74, 6) is 0.367. The van der Waals surface area contributed by atoms with Crippen molar-refractivity contribution in [2.24, 2.45) is 0 Å². The minimum atomic E-state index is -0.0445. The van der Waals surface area contributed by atoms with Crippen LogP contribution in [0.15, 0.2) is 0 Å². The number of carbonyl (C=O) groups is 2. The molecule has 1 heterocycles. The van der Waals surface area contributed by atoms with Gasteiger partial charge in [-0.05, 0) is 25.7 Å². The Hall–Kier alpha value is -1.10. The van der Waals surface area contributed by atoms with E-state index >= 15 is 0 Å². The maximum atomic E-state index is 13.1. The summed E-state index contributed by atoms with van der Waals surface area (Å²) < 4.78 is 0. The number of carbonyl (C=O) groups excluding carboxylic acids is 2. The van der Waals surface area contributed by atoms with E-state index in [1.165, 1.54) is 32.1 Å². The third-order valence-electron chi connectivity index (χ3n) is 5.44. The normalized spacial score (nSPS) is 21.4. The van der Waals surface area contributed by atoms with Gasteiger partial charge in [-0.25, -0.2) is 0 Å². The van der Waals surface area contributed by atoms with E-state index in [-0.39, 0.29) is 17.9 Å². The second kappa shape index (κ2) is 10.0. The van der Waals surface area contributed by atoms with E-state index in [2.05, 4.69) is 12.2 Å². The molecule has 5 heteroatoms. The maximum Gasteiger partial charge on any atom is 0.239 e. The van der Waals surface area contributed by atoms with E-state index in [9.17, 15) is 9.59 Å². The van der Waals surface area contributed by atoms with E-state index in [0.717, 1.165) is 38.8 Å². The predicted octanol–water partition coefficient (Wildman–Crippen LogP) is 2.55. The Morgan fingerprint density at radius 3 is 2.33 bits per heavy atom. The zero-order chi connectivity index (χ0) is 17.4. The zero-order valence-electron chi connectivity index (χ0n) is 15.6. The molecule has 5 nitrogen and oxygen atoms in total. The van der Waals surface area contributed by atoms with Crippen LogP contribution in [0.4, 0.5) is 0 Å². The minimum absolute atomic E-state index is 0.0445. The molecule has 1 atom stereocenters. The SMILES string of the molecule is CCCCC(NC1CCCCC1)C(=O)N1CCCN(C(C)=O)CC1. The van der Waals surface area contributed by atoms with E-state index in [1.807, 2.05) is 9.80 Å². The van der Waals surface area contributed by atoms with Crippen LogP contribution >= 0.6 is 0 Å². The predicted molar refractivity (Wildman–Crippen MR) is 96.8 cm³/mol. The van der Waals surface area contributed by atoms with Crippen LogP contribution in [0.3, 0.4) is 0 Å². The summed E-state index contributed by atoms with van der Waals surface area (Å²) in [6.45, 7) is 6.69. The number of hydrogen-bond donors (Lipinski definition) is 1. The molecule has 138 valence electrons. The molecule has 1 aliphatic heterocycles. The molecule has 2 rings (SSSR count). The van der Waals surface area contributed by atoms with Gasteiger partial charge in [0.25, 0.3) is 0 Å². The Labute approximate surface area is 147 Å². The number of amides is 2. The molecule has 2 amide bonds. The van der Waals surface area contributed by atoms with Gasteiger partial charge in [-0.3, -0.25) is 9.59 Å². The molecular weight excluding hydrogens is 302 g/mol. The van der Waals surface area contributed by atoms with Crippen LogP contribution in [0.1, 0.15) is 71.6 Å². The molecular formula is C19H35N3O2. The number of nitrogens with one attached hydrogen (secondary N) is 1. The lowest BCUT2D eigenvalue weighted by Gasteiger charge is -2.31. The maximum absolute atomic E-state index is 13.1. The summed E-state index contributed by atoms with van der Waals surface area (Å²) in [5, 5.41) is 3.67. The molecule has 1 saturated carbocycles. The van der Waals surface area contributed by atoms with E-state index in [1.54, 1.807) is 6.92 Å². The first-order valence-electron chi connectivity index (χ1n) is 9.92. The smallest absolute Gasteiger partial charge is 0.239 e. The van der Waals surface area contributed by atoms with Gasteiger partial charge in [-0.1, -0.05) is 39.0 Å². The van der Waals surface area contributed by atoms with Gasteiger partial charge in [0.1, 0.15) is 0 Å². The lowest BCUT2D eigenvalue weighted by molar-refractivity contribution is -0.134. The van der Waals surface area contributed by atoms with Crippen LogP contribution in [0, 0.1) is 0 Å². The fourth-order valence-electron chi connectivity index (χ4n) is 3.91. The molecule has 0 aromatic carbocycles. The lowest BCUT2D eigenvalue weighted by atomic mass is 9.94. The first-order chi connectivity index (χ1) is 11.6. The van der Waals surface area contributed by atoms with Crippen molar-refractivity contribution in [3.63, 3.8) is 0 Å². The Morgan fingerprint density at radius 1 is 1.00 bits per heavy atom. The number of nitrogens with zero attached hydrogens (tertiary/aromatic N) is 2. The molecule has 0 aromatic heterocycles. The van der Waals surface area contributed by atoms with Crippen molar-refractivity contribution in [2.45, 2.75) is 83.7 Å². The summed E-state index contributed by atoms with van der Waals surface area (Å²) in [7, 11) is 0. The van der Waals surface area contributed by atoms with Gasteiger partial charge in [0.15, 0.2) is 0 Å². The van der Waals surface area contributed by atoms with Crippen molar-refractivity contribution in [1.29, 1.82) is 0 Å². The molecule has 1 saturated heterocycles. The van der Waals surface area contributed by atoms with E-state index in [0.29, 0.717) is 19.1 Å². The van der Waals surface area contributed by atoms with Gasteiger partial charge in [-0.15, -0.1) is 0 Å². The molecule has 2 fully saturated rings. The fourth-order valence-corrected chi connectivity index (χ4v) is 3.91. The van der Waals surface area contributed by atoms with Crippen LogP contribution in [0.5, 0.6) is 0 Å². The zero-order valence-corrected chi connectivity index (χ0v) is 15.6. The molecule has 0 radical (unpaired) electrons. The molecule has 24 heavy (non-hydrogen) atoms. The molecule has 0 bridgehead atoms. The fraction of sp³-hybridized carbons (Fsp3) is 0.895. The first-order valence-corrected chi connectivity index (χ1v) is 9.92. The molecule has 1 unspecified atom stereocenters. The van der Waals surface area contributed by atoms with Crippen molar-refractivity contribution in [1.82, 2.24) is 15.1 Å². The highest BCUT2D eigenvalue weighted by Gasteiger charge is 2.28. The highest BCUT2D eigenvalue weighted by atomic mass is 16.2. The van der Waals surface area contributed by atoms with Crippen LogP contribution in [0.25, 0.3) is 0 Å². The van der Waals surface area contributed by atoms with Gasteiger partial charge in [0.05, 0.1) is 6.04 Å². The minimum Gasteiger partial charge on any atom is -0.341 e. The van der Waals surface area contributed by atoms with Crippen molar-refractivity contribution >= 4 is 11.8 Å². The van der Waals surface area contributed by atoms with Crippen LogP contribution in [-0.4, -0.2) is 59.9 Å². The summed E-state index contributed by atoms with van der Waals surface area (Å²) in [6, 6.07) is 0.460. The second-order valence-corrected chi connectivity index (χ2v) is 7.38. The van der Waals surface area contributed by atoms with Crippen molar-refractivity contribution in [2.75, 3.05) is 26.2 Å². The van der Waals surface area contributed by atoms with Gasteiger partial charge in [0, 0.05) is 39.1 Å². The molecule has 0 spiro atoms. The molecule has 2 aliphatic rings. The highest BCUT2D eigenvalue weighted by Crippen LogP contribution is 2.19. The highest BCUT2D eigenvalue weighted by molar-refractivity contribution is 5.82. The average molecular weight is 338 g/mol. The Balaban J connectivity index is 1.93. The lowest BCUT2D eigenvalue weighted by Crippen LogP contribution is -2.51. The third-order valence-corrected chi connectivity index (χ3v) is 5.44. The number of rotatable bonds is 6. The summed E-state index contributed by atoms with van der Waals surface area (Å²) in [4.78, 5) is 28.5. The van der Waals surface area contributed by atoms with Crippen LogP contribution in [0.2, 0.25) is 0 Å². The van der Waals surface area contributed by atoms with Crippen molar-refractivity contribution in [3.05, 3.63) is 0 Å². The Bertz CT molecular complexity index is 407. The quantitative estimate of drug-likeness (QED) is 0.810. The standard InChI is InChI=1S/C19H35N3O2/c1-3-4-11-18(20-17-9-6-5-7-10-17)19(24)22-13-8-12-21(14-15-22)16(2)23/h17-18,20H,3-15H2,1-2H3. The van der Waals surface area contributed by atoms with Gasteiger partial charge in [-0.2, -0.15) is 0 Å². The van der Waals surface area contributed by atoms with E-state index in [4.69, 9.17) is 0 Å². The number of hydrogen-bond acceptors (Lipinski definition) is 3. The summed E-state index contributed by atoms with van der Waals surface area (Å²) >= 11 is 0. The molecule has 1 aliphatic carbocycles. The van der Waals surface area contributed by atoms with Crippen molar-refractivity contribution < 1.29 is 9.59 Å². The van der Waals surface area contributed by atoms with E-state index < -0.39 is 0 Å². The van der Waals surface area contributed by atoms with Crippen molar-refractivity contribution in [3.8, 4) is 0 Å². The largest absolute Gasteiger partial charge is 0.341 e. The second-order valence-electron chi connectivity index (χ2n) is 7.38. The van der Waals surface area contributed by atoms with Crippen LogP contribution < -0.4 is 5.32 Å². The topological polar surface area (TPSA) is 52.7 Å². The third kappa shape index (κ3) is 5.76. The summed E-state index contributed by atoms with van der Waals surface area (Å²) in [5.41, 5.74) is 0. The molecule has 0 aromatic rings. The van der Waals surface area contributed by atoms with Crippen LogP contribution in [-0.2, 0) is 9.59 Å². The molecule has 1 N–H and O–H groups in total. The monoisotopic (exact) mass is 337 g/mol. The van der Waals surface area contributed by atoms with Gasteiger partial charge >= 0.3 is 0 Å². The average Bonchev–Trinajstić information content (AvgIpc) is 2.85. The Morgan fingerprint density at radius 2 is 1.67 bits per heavy atom. The number of unbranched alkanes of at least 4 members (excludes halogenated alkanes) is 1. The van der Waals surface area contributed by atoms with Gasteiger partial charge < -0.3 is 15.1 Å². The first kappa shape index (κ1) is 19.2. The summed E-state index contributed by atoms with van der Waals surface area (Å²) in [6.07, 6.45) is 10.3. The van der Waals surface area contributed by atoms with Gasteiger partial charge in [0.2, 0.25) is 11.8 Å². The Kier molecular flexibility index (Phi) is 8.03.